The number of carbonyl (C=O) groups is 1. The summed E-state index contributed by atoms with van der Waals surface area (Å²) >= 11 is 0. The maximum atomic E-state index is 13.2. The second kappa shape index (κ2) is 8.74. The number of piperidine rings is 1. The number of rotatable bonds is 5. The summed E-state index contributed by atoms with van der Waals surface area (Å²) in [4.78, 5) is 42.5. The molecule has 1 aromatic carbocycles. The van der Waals surface area contributed by atoms with Crippen LogP contribution in [-0.2, 0) is 13.0 Å². The van der Waals surface area contributed by atoms with E-state index in [1.54, 1.807) is 12.5 Å². The van der Waals surface area contributed by atoms with E-state index >= 15 is 0 Å². The van der Waals surface area contributed by atoms with Gasteiger partial charge in [0.2, 0.25) is 0 Å². The van der Waals surface area contributed by atoms with Crippen LogP contribution in [0.4, 0.5) is 0 Å². The lowest BCUT2D eigenvalue weighted by molar-refractivity contribution is 0.0705. The molecule has 5 rings (SSSR count). The van der Waals surface area contributed by atoms with Crippen LogP contribution in [0.25, 0.3) is 11.2 Å². The molecule has 3 aromatic heterocycles. The van der Waals surface area contributed by atoms with Crippen LogP contribution >= 0.6 is 0 Å². The van der Waals surface area contributed by atoms with Crippen LogP contribution in [0.3, 0.4) is 0 Å². The second-order valence-corrected chi connectivity index (χ2v) is 8.17. The molecule has 8 nitrogen and oxygen atoms in total. The molecular formula is C24H24N6O2. The van der Waals surface area contributed by atoms with E-state index in [0.717, 1.165) is 37.1 Å². The van der Waals surface area contributed by atoms with Crippen LogP contribution in [-0.4, -0.2) is 48.4 Å². The van der Waals surface area contributed by atoms with Gasteiger partial charge in [-0.15, -0.1) is 0 Å². The van der Waals surface area contributed by atoms with E-state index in [9.17, 15) is 9.59 Å². The van der Waals surface area contributed by atoms with E-state index in [4.69, 9.17) is 0 Å². The number of aryl methyl sites for hydroxylation is 2. The lowest BCUT2D eigenvalue weighted by Crippen LogP contribution is -2.39. The molecule has 1 amide bonds. The Hall–Kier alpha value is -3.81. The fourth-order valence-electron chi connectivity index (χ4n) is 4.32. The standard InChI is InChI=1S/C24H24N6O2/c31-22-12-20(26-15-27-22)18-7-4-9-29(14-18)24(32)19-11-21-23(25-13-19)30(16-28-21)10-8-17-5-2-1-3-6-17/h1-3,5-6,11-13,15-16,18H,4,7-10,14H2,(H,26,27,31). The fourth-order valence-corrected chi connectivity index (χ4v) is 4.32. The number of hydrogen-bond acceptors (Lipinski definition) is 5. The van der Waals surface area contributed by atoms with Crippen molar-refractivity contribution in [3.8, 4) is 0 Å². The van der Waals surface area contributed by atoms with Crippen molar-refractivity contribution in [1.82, 2.24) is 29.4 Å². The Morgan fingerprint density at radius 3 is 2.84 bits per heavy atom. The molecule has 0 spiro atoms. The number of aromatic nitrogens is 5. The molecule has 1 unspecified atom stereocenters. The summed E-state index contributed by atoms with van der Waals surface area (Å²) in [7, 11) is 0. The average molecular weight is 428 g/mol. The third-order valence-corrected chi connectivity index (χ3v) is 6.01. The molecule has 1 aliphatic heterocycles. The van der Waals surface area contributed by atoms with Crippen molar-refractivity contribution in [2.75, 3.05) is 13.1 Å². The normalized spacial score (nSPS) is 16.4. The first-order chi connectivity index (χ1) is 15.7. The fraction of sp³-hybridized carbons (Fsp3) is 0.292. The zero-order chi connectivity index (χ0) is 21.9. The molecule has 4 aromatic rings. The number of nitrogens with one attached hydrogen (secondary N) is 1. The van der Waals surface area contributed by atoms with Gasteiger partial charge in [0.1, 0.15) is 5.52 Å². The van der Waals surface area contributed by atoms with Crippen LogP contribution in [0.5, 0.6) is 0 Å². The molecule has 162 valence electrons. The van der Waals surface area contributed by atoms with Crippen LogP contribution in [0.15, 0.2) is 66.1 Å². The number of amides is 1. The minimum atomic E-state index is -0.170. The van der Waals surface area contributed by atoms with Crippen molar-refractivity contribution in [2.45, 2.75) is 31.7 Å². The number of H-pyrrole nitrogens is 1. The Labute approximate surface area is 185 Å². The Bertz CT molecular complexity index is 1300. The van der Waals surface area contributed by atoms with Crippen molar-refractivity contribution in [3.05, 3.63) is 88.5 Å². The Morgan fingerprint density at radius 2 is 2.00 bits per heavy atom. The Morgan fingerprint density at radius 1 is 1.12 bits per heavy atom. The van der Waals surface area contributed by atoms with Crippen LogP contribution in [0.2, 0.25) is 0 Å². The minimum Gasteiger partial charge on any atom is -0.338 e. The lowest BCUT2D eigenvalue weighted by atomic mass is 9.94. The van der Waals surface area contributed by atoms with Crippen molar-refractivity contribution < 1.29 is 4.79 Å². The third-order valence-electron chi connectivity index (χ3n) is 6.01. The van der Waals surface area contributed by atoms with E-state index in [1.807, 2.05) is 33.7 Å². The zero-order valence-electron chi connectivity index (χ0n) is 17.6. The van der Waals surface area contributed by atoms with Gasteiger partial charge in [-0.2, -0.15) is 0 Å². The molecule has 1 fully saturated rings. The molecule has 8 heteroatoms. The first-order valence-electron chi connectivity index (χ1n) is 10.9. The van der Waals surface area contributed by atoms with Gasteiger partial charge < -0.3 is 14.5 Å². The lowest BCUT2D eigenvalue weighted by Gasteiger charge is -2.32. The average Bonchev–Trinajstić information content (AvgIpc) is 3.25. The SMILES string of the molecule is O=C(c1cnc2c(c1)ncn2CCc1ccccc1)N1CCCC(c2cc(=O)[nH]cn2)C1. The first kappa shape index (κ1) is 20.1. The van der Waals surface area contributed by atoms with Crippen molar-refractivity contribution in [2.24, 2.45) is 0 Å². The maximum Gasteiger partial charge on any atom is 0.255 e. The quantitative estimate of drug-likeness (QED) is 0.527. The van der Waals surface area contributed by atoms with Crippen LogP contribution in [0, 0.1) is 0 Å². The number of pyridine rings is 1. The Balaban J connectivity index is 1.31. The molecule has 0 bridgehead atoms. The summed E-state index contributed by atoms with van der Waals surface area (Å²) in [5.41, 5.74) is 3.85. The first-order valence-corrected chi connectivity index (χ1v) is 10.9. The molecule has 32 heavy (non-hydrogen) atoms. The molecule has 1 atom stereocenters. The highest BCUT2D eigenvalue weighted by molar-refractivity contribution is 5.96. The summed E-state index contributed by atoms with van der Waals surface area (Å²) in [6.07, 6.45) is 7.51. The number of imidazole rings is 1. The summed E-state index contributed by atoms with van der Waals surface area (Å²) < 4.78 is 2.02. The largest absolute Gasteiger partial charge is 0.338 e. The molecular weight excluding hydrogens is 404 g/mol. The van der Waals surface area contributed by atoms with Crippen molar-refractivity contribution in [1.29, 1.82) is 0 Å². The molecule has 0 radical (unpaired) electrons. The smallest absolute Gasteiger partial charge is 0.255 e. The predicted molar refractivity (Wildman–Crippen MR) is 120 cm³/mol. The van der Waals surface area contributed by atoms with Gasteiger partial charge in [-0.05, 0) is 30.9 Å². The highest BCUT2D eigenvalue weighted by Crippen LogP contribution is 2.26. The van der Waals surface area contributed by atoms with E-state index in [-0.39, 0.29) is 17.4 Å². The van der Waals surface area contributed by atoms with E-state index in [0.29, 0.717) is 24.2 Å². The highest BCUT2D eigenvalue weighted by atomic mass is 16.2. The molecule has 1 saturated heterocycles. The Kier molecular flexibility index (Phi) is 5.49. The van der Waals surface area contributed by atoms with Gasteiger partial charge in [-0.1, -0.05) is 30.3 Å². The third kappa shape index (κ3) is 4.16. The molecule has 0 aliphatic carbocycles. The van der Waals surface area contributed by atoms with Crippen molar-refractivity contribution >= 4 is 17.1 Å². The van der Waals surface area contributed by atoms with Gasteiger partial charge >= 0.3 is 0 Å². The number of hydrogen-bond donors (Lipinski definition) is 1. The van der Waals surface area contributed by atoms with Gasteiger partial charge in [0.05, 0.1) is 23.9 Å². The monoisotopic (exact) mass is 428 g/mol. The number of likely N-dealkylation sites (tertiary alicyclic amines) is 1. The number of benzene rings is 1. The van der Waals surface area contributed by atoms with E-state index < -0.39 is 0 Å². The minimum absolute atomic E-state index is 0.0592. The number of aromatic amines is 1. The van der Waals surface area contributed by atoms with Crippen molar-refractivity contribution in [3.63, 3.8) is 0 Å². The molecule has 1 N–H and O–H groups in total. The maximum absolute atomic E-state index is 13.2. The molecule has 4 heterocycles. The van der Waals surface area contributed by atoms with Gasteiger partial charge in [0, 0.05) is 37.8 Å². The molecule has 0 saturated carbocycles. The summed E-state index contributed by atoms with van der Waals surface area (Å²) in [6.45, 7) is 2.00. The van der Waals surface area contributed by atoms with E-state index in [1.165, 1.54) is 18.0 Å². The summed E-state index contributed by atoms with van der Waals surface area (Å²) in [5.74, 6) is -0.00309. The zero-order valence-corrected chi connectivity index (χ0v) is 17.6. The summed E-state index contributed by atoms with van der Waals surface area (Å²) in [6, 6.07) is 13.6. The summed E-state index contributed by atoms with van der Waals surface area (Å²) in [5, 5.41) is 0. The van der Waals surface area contributed by atoms with Gasteiger partial charge in [-0.25, -0.2) is 15.0 Å². The number of fused-ring (bicyclic) bond motifs is 1. The topological polar surface area (TPSA) is 96.8 Å². The second-order valence-electron chi connectivity index (χ2n) is 8.17. The highest BCUT2D eigenvalue weighted by Gasteiger charge is 2.27. The van der Waals surface area contributed by atoms with Gasteiger partial charge in [0.15, 0.2) is 5.65 Å². The number of carbonyl (C=O) groups excluding carboxylic acids is 1. The van der Waals surface area contributed by atoms with Gasteiger partial charge in [0.25, 0.3) is 11.5 Å². The van der Waals surface area contributed by atoms with Crippen LogP contribution in [0.1, 0.15) is 40.4 Å². The van der Waals surface area contributed by atoms with E-state index in [2.05, 4.69) is 32.1 Å². The van der Waals surface area contributed by atoms with Crippen LogP contribution < -0.4 is 5.56 Å². The predicted octanol–water partition coefficient (Wildman–Crippen LogP) is 2.78. The van der Waals surface area contributed by atoms with Gasteiger partial charge in [-0.3, -0.25) is 9.59 Å². The number of nitrogens with zero attached hydrogens (tertiary/aromatic N) is 5. The molecule has 1 aliphatic rings.